The van der Waals surface area contributed by atoms with Crippen LogP contribution in [0.15, 0.2) is 0 Å². The smallest absolute Gasteiger partial charge is 0.317 e. The van der Waals surface area contributed by atoms with Crippen molar-refractivity contribution in [3.8, 4) is 0 Å². The van der Waals surface area contributed by atoms with E-state index >= 15 is 0 Å². The van der Waals surface area contributed by atoms with Gasteiger partial charge in [-0.2, -0.15) is 0 Å². The highest BCUT2D eigenvalue weighted by atomic mass is 16.4. The van der Waals surface area contributed by atoms with Crippen molar-refractivity contribution in [2.24, 2.45) is 11.8 Å². The van der Waals surface area contributed by atoms with Gasteiger partial charge in [-0.05, 0) is 25.7 Å². The molecule has 5 nitrogen and oxygen atoms in total. The van der Waals surface area contributed by atoms with Crippen LogP contribution in [0.25, 0.3) is 0 Å². The predicted octanol–water partition coefficient (Wildman–Crippen LogP) is 3.10. The largest absolute Gasteiger partial charge is 0.481 e. The first-order chi connectivity index (χ1) is 10.0. The molecule has 0 heterocycles. The number of carboxylic acids is 1. The van der Waals surface area contributed by atoms with Crippen molar-refractivity contribution in [1.82, 2.24) is 10.2 Å². The van der Waals surface area contributed by atoms with Crippen LogP contribution in [0.3, 0.4) is 0 Å². The van der Waals surface area contributed by atoms with E-state index in [0.717, 1.165) is 38.6 Å². The fourth-order valence-electron chi connectivity index (χ4n) is 3.06. The molecule has 122 valence electrons. The van der Waals surface area contributed by atoms with E-state index < -0.39 is 11.9 Å². The van der Waals surface area contributed by atoms with Crippen LogP contribution in [0.4, 0.5) is 4.79 Å². The summed E-state index contributed by atoms with van der Waals surface area (Å²) in [5.41, 5.74) is 0. The van der Waals surface area contributed by atoms with E-state index in [-0.39, 0.29) is 12.1 Å². The minimum atomic E-state index is -0.789. The van der Waals surface area contributed by atoms with E-state index in [1.807, 2.05) is 11.8 Å². The van der Waals surface area contributed by atoms with Gasteiger partial charge in [-0.25, -0.2) is 4.79 Å². The van der Waals surface area contributed by atoms with Gasteiger partial charge in [-0.1, -0.05) is 39.5 Å². The second-order valence-corrected chi connectivity index (χ2v) is 6.01. The summed E-state index contributed by atoms with van der Waals surface area (Å²) in [7, 11) is 0. The van der Waals surface area contributed by atoms with Crippen LogP contribution in [-0.4, -0.2) is 41.1 Å². The van der Waals surface area contributed by atoms with Gasteiger partial charge in [-0.15, -0.1) is 0 Å². The Morgan fingerprint density at radius 3 is 2.33 bits per heavy atom. The SMILES string of the molecule is CCC(CC)CN(CC)C(=O)NC1CCCCC1C(=O)O. The zero-order valence-electron chi connectivity index (χ0n) is 13.6. The van der Waals surface area contributed by atoms with Gasteiger partial charge in [0.25, 0.3) is 0 Å². The summed E-state index contributed by atoms with van der Waals surface area (Å²) < 4.78 is 0. The van der Waals surface area contributed by atoms with Gasteiger partial charge in [0.15, 0.2) is 0 Å². The van der Waals surface area contributed by atoms with Crippen molar-refractivity contribution >= 4 is 12.0 Å². The van der Waals surface area contributed by atoms with Gasteiger partial charge in [0, 0.05) is 19.1 Å². The Morgan fingerprint density at radius 1 is 1.19 bits per heavy atom. The number of hydrogen-bond donors (Lipinski definition) is 2. The van der Waals surface area contributed by atoms with Crippen molar-refractivity contribution in [3.63, 3.8) is 0 Å². The van der Waals surface area contributed by atoms with Crippen LogP contribution in [0, 0.1) is 11.8 Å². The quantitative estimate of drug-likeness (QED) is 0.759. The molecule has 0 aliphatic heterocycles. The Hall–Kier alpha value is -1.26. The van der Waals surface area contributed by atoms with Crippen LogP contribution >= 0.6 is 0 Å². The fraction of sp³-hybridized carbons (Fsp3) is 0.875. The highest BCUT2D eigenvalue weighted by molar-refractivity contribution is 5.77. The molecule has 1 saturated carbocycles. The normalized spacial score (nSPS) is 22.1. The maximum Gasteiger partial charge on any atom is 0.317 e. The van der Waals surface area contributed by atoms with Crippen molar-refractivity contribution < 1.29 is 14.7 Å². The average Bonchev–Trinajstić information content (AvgIpc) is 2.48. The van der Waals surface area contributed by atoms with Gasteiger partial charge in [0.2, 0.25) is 0 Å². The van der Waals surface area contributed by atoms with E-state index in [0.29, 0.717) is 18.9 Å². The minimum Gasteiger partial charge on any atom is -0.481 e. The summed E-state index contributed by atoms with van der Waals surface area (Å²) in [5, 5.41) is 12.2. The average molecular weight is 298 g/mol. The van der Waals surface area contributed by atoms with Crippen molar-refractivity contribution in [3.05, 3.63) is 0 Å². The molecule has 2 atom stereocenters. The van der Waals surface area contributed by atoms with Crippen molar-refractivity contribution in [1.29, 1.82) is 0 Å². The topological polar surface area (TPSA) is 69.6 Å². The Labute approximate surface area is 128 Å². The Bertz CT molecular complexity index is 342. The van der Waals surface area contributed by atoms with Crippen molar-refractivity contribution in [2.75, 3.05) is 13.1 Å². The Kier molecular flexibility index (Phi) is 7.54. The molecule has 21 heavy (non-hydrogen) atoms. The Morgan fingerprint density at radius 2 is 1.81 bits per heavy atom. The van der Waals surface area contributed by atoms with E-state index in [4.69, 9.17) is 0 Å². The number of carbonyl (C=O) groups is 2. The third-order valence-electron chi connectivity index (χ3n) is 4.69. The molecule has 0 radical (unpaired) electrons. The number of nitrogens with one attached hydrogen (secondary N) is 1. The second kappa shape index (κ2) is 8.90. The van der Waals surface area contributed by atoms with E-state index in [9.17, 15) is 14.7 Å². The van der Waals surface area contributed by atoms with Gasteiger partial charge in [-0.3, -0.25) is 4.79 Å². The lowest BCUT2D eigenvalue weighted by Crippen LogP contribution is -2.51. The zero-order valence-corrected chi connectivity index (χ0v) is 13.6. The first kappa shape index (κ1) is 17.8. The summed E-state index contributed by atoms with van der Waals surface area (Å²) in [6.07, 6.45) is 5.48. The first-order valence-corrected chi connectivity index (χ1v) is 8.31. The van der Waals surface area contributed by atoms with Crippen LogP contribution in [-0.2, 0) is 4.79 Å². The molecule has 1 rings (SSSR count). The first-order valence-electron chi connectivity index (χ1n) is 8.31. The minimum absolute atomic E-state index is 0.109. The summed E-state index contributed by atoms with van der Waals surface area (Å²) in [5.74, 6) is -0.713. The zero-order chi connectivity index (χ0) is 15.8. The molecule has 1 fully saturated rings. The molecule has 5 heteroatoms. The number of rotatable bonds is 7. The molecule has 1 aliphatic rings. The number of amides is 2. The molecule has 0 aromatic heterocycles. The number of hydrogen-bond acceptors (Lipinski definition) is 2. The predicted molar refractivity (Wildman–Crippen MR) is 83.2 cm³/mol. The number of urea groups is 1. The molecule has 2 amide bonds. The summed E-state index contributed by atoms with van der Waals surface area (Å²) in [4.78, 5) is 25.5. The summed E-state index contributed by atoms with van der Waals surface area (Å²) in [6, 6.07) is -0.331. The summed E-state index contributed by atoms with van der Waals surface area (Å²) >= 11 is 0. The lowest BCUT2D eigenvalue weighted by atomic mass is 9.84. The van der Waals surface area contributed by atoms with Gasteiger partial charge in [0.05, 0.1) is 5.92 Å². The maximum absolute atomic E-state index is 12.4. The molecule has 0 bridgehead atoms. The molecular formula is C16H30N2O3. The molecule has 0 aromatic rings. The maximum atomic E-state index is 12.4. The molecule has 2 unspecified atom stereocenters. The highest BCUT2D eigenvalue weighted by Crippen LogP contribution is 2.25. The van der Waals surface area contributed by atoms with E-state index in [1.165, 1.54) is 0 Å². The third-order valence-corrected chi connectivity index (χ3v) is 4.69. The van der Waals surface area contributed by atoms with Crippen LogP contribution < -0.4 is 5.32 Å². The van der Waals surface area contributed by atoms with Crippen LogP contribution in [0.5, 0.6) is 0 Å². The van der Waals surface area contributed by atoms with E-state index in [1.54, 1.807) is 0 Å². The van der Waals surface area contributed by atoms with E-state index in [2.05, 4.69) is 19.2 Å². The monoisotopic (exact) mass is 298 g/mol. The molecule has 0 saturated heterocycles. The second-order valence-electron chi connectivity index (χ2n) is 6.01. The molecular weight excluding hydrogens is 268 g/mol. The van der Waals surface area contributed by atoms with Crippen LogP contribution in [0.2, 0.25) is 0 Å². The van der Waals surface area contributed by atoms with Crippen LogP contribution in [0.1, 0.15) is 59.3 Å². The fourth-order valence-corrected chi connectivity index (χ4v) is 3.06. The Balaban J connectivity index is 2.61. The number of nitrogens with zero attached hydrogens (tertiary/aromatic N) is 1. The standard InChI is InChI=1S/C16H30N2O3/c1-4-12(5-2)11-18(6-3)16(21)17-14-10-8-7-9-13(14)15(19)20/h12-14H,4-11H2,1-3H3,(H,17,21)(H,19,20). The summed E-state index contributed by atoms with van der Waals surface area (Å²) in [6.45, 7) is 7.66. The van der Waals surface area contributed by atoms with Gasteiger partial charge >= 0.3 is 12.0 Å². The number of carbonyl (C=O) groups excluding carboxylic acids is 1. The lowest BCUT2D eigenvalue weighted by Gasteiger charge is -2.32. The molecule has 1 aliphatic carbocycles. The lowest BCUT2D eigenvalue weighted by molar-refractivity contribution is -0.143. The van der Waals surface area contributed by atoms with Gasteiger partial charge in [0.1, 0.15) is 0 Å². The van der Waals surface area contributed by atoms with Gasteiger partial charge < -0.3 is 15.3 Å². The molecule has 2 N–H and O–H groups in total. The third kappa shape index (κ3) is 5.21. The number of aliphatic carboxylic acids is 1. The number of carboxylic acid groups (broad SMARTS) is 1. The molecule has 0 spiro atoms. The molecule has 0 aromatic carbocycles. The van der Waals surface area contributed by atoms with Crippen molar-refractivity contribution in [2.45, 2.75) is 65.3 Å². The highest BCUT2D eigenvalue weighted by Gasteiger charge is 2.32.